The molecule has 0 bridgehead atoms. The molecule has 1 aromatic carbocycles. The predicted molar refractivity (Wildman–Crippen MR) is 80.4 cm³/mol. The van der Waals surface area contributed by atoms with Crippen LogP contribution in [-0.4, -0.2) is 27.9 Å². The third-order valence-corrected chi connectivity index (χ3v) is 3.32. The molecule has 3 rings (SSSR count). The molecule has 0 radical (unpaired) electrons. The van der Waals surface area contributed by atoms with Crippen molar-refractivity contribution in [2.45, 2.75) is 19.4 Å². The zero-order chi connectivity index (χ0) is 18.0. The molecule has 0 aliphatic carbocycles. The van der Waals surface area contributed by atoms with Crippen LogP contribution >= 0.6 is 0 Å². The van der Waals surface area contributed by atoms with Gasteiger partial charge in [-0.25, -0.2) is 14.4 Å². The molecule has 132 valence electrons. The van der Waals surface area contributed by atoms with Gasteiger partial charge in [0.1, 0.15) is 29.0 Å². The highest BCUT2D eigenvalue weighted by Crippen LogP contribution is 2.29. The Bertz CT molecular complexity index is 862. The van der Waals surface area contributed by atoms with Gasteiger partial charge in [0.2, 0.25) is 0 Å². The number of alkyl halides is 3. The number of pyridine rings is 1. The maximum atomic E-state index is 13.2. The van der Waals surface area contributed by atoms with Crippen molar-refractivity contribution in [1.82, 2.24) is 15.0 Å². The molecule has 0 aliphatic heterocycles. The number of hydrogen-bond donors (Lipinski definition) is 1. The summed E-state index contributed by atoms with van der Waals surface area (Å²) in [6, 6.07) is 6.50. The van der Waals surface area contributed by atoms with Gasteiger partial charge in [0.25, 0.3) is 0 Å². The molecular formula is C16H13F4N3O2. The molecule has 1 N–H and O–H groups in total. The van der Waals surface area contributed by atoms with Crippen LogP contribution in [-0.2, 0) is 4.74 Å². The summed E-state index contributed by atoms with van der Waals surface area (Å²) in [4.78, 5) is 11.1. The highest BCUT2D eigenvalue weighted by Gasteiger charge is 2.31. The molecular weight excluding hydrogens is 342 g/mol. The van der Waals surface area contributed by atoms with Crippen molar-refractivity contribution in [2.75, 3.05) is 6.61 Å². The summed E-state index contributed by atoms with van der Waals surface area (Å²) in [6.45, 7) is 2.11. The first-order valence-electron chi connectivity index (χ1n) is 7.34. The van der Waals surface area contributed by atoms with Crippen LogP contribution in [0.1, 0.15) is 24.4 Å². The van der Waals surface area contributed by atoms with Gasteiger partial charge in [-0.15, -0.1) is 13.2 Å². The Balaban J connectivity index is 1.91. The quantitative estimate of drug-likeness (QED) is 0.700. The van der Waals surface area contributed by atoms with E-state index in [-0.39, 0.29) is 5.75 Å². The van der Waals surface area contributed by atoms with Crippen molar-refractivity contribution < 1.29 is 27.0 Å². The number of H-pyrrole nitrogens is 1. The number of halogens is 4. The van der Waals surface area contributed by atoms with Crippen LogP contribution in [0.3, 0.4) is 0 Å². The Morgan fingerprint density at radius 1 is 1.20 bits per heavy atom. The summed E-state index contributed by atoms with van der Waals surface area (Å²) in [5, 5.41) is 0. The molecule has 2 aromatic heterocycles. The van der Waals surface area contributed by atoms with Gasteiger partial charge < -0.3 is 14.5 Å². The fourth-order valence-corrected chi connectivity index (χ4v) is 2.36. The largest absolute Gasteiger partial charge is 0.573 e. The van der Waals surface area contributed by atoms with Gasteiger partial charge in [-0.2, -0.15) is 0 Å². The number of benzene rings is 1. The van der Waals surface area contributed by atoms with E-state index in [2.05, 4.69) is 19.7 Å². The number of aromatic nitrogens is 3. The third-order valence-electron chi connectivity index (χ3n) is 3.32. The normalized spacial score (nSPS) is 13.2. The van der Waals surface area contributed by atoms with Crippen molar-refractivity contribution in [1.29, 1.82) is 0 Å². The van der Waals surface area contributed by atoms with Crippen LogP contribution in [0.5, 0.6) is 5.75 Å². The smallest absolute Gasteiger partial charge is 0.406 e. The van der Waals surface area contributed by atoms with Gasteiger partial charge in [0, 0.05) is 12.7 Å². The molecule has 25 heavy (non-hydrogen) atoms. The second-order valence-corrected chi connectivity index (χ2v) is 5.10. The van der Waals surface area contributed by atoms with Gasteiger partial charge in [-0.05, 0) is 24.6 Å². The van der Waals surface area contributed by atoms with Gasteiger partial charge in [-0.3, -0.25) is 0 Å². The van der Waals surface area contributed by atoms with E-state index >= 15 is 0 Å². The number of hydrogen-bond acceptors (Lipinski definition) is 4. The number of aromatic amines is 1. The highest BCUT2D eigenvalue weighted by molar-refractivity contribution is 5.70. The molecule has 0 saturated carbocycles. The Morgan fingerprint density at radius 3 is 2.56 bits per heavy atom. The Labute approximate surface area is 139 Å². The zero-order valence-electron chi connectivity index (χ0n) is 13.0. The summed E-state index contributed by atoms with van der Waals surface area (Å²) in [7, 11) is 0. The fraction of sp³-hybridized carbons (Fsp3) is 0.250. The number of nitrogens with one attached hydrogen (secondary N) is 1. The number of fused-ring (bicyclic) bond motifs is 1. The summed E-state index contributed by atoms with van der Waals surface area (Å²) in [5.74, 6) is -0.480. The van der Waals surface area contributed by atoms with Crippen LogP contribution in [0.15, 0.2) is 36.5 Å². The SMILES string of the molecule is CCOC(c1ccc(OC(F)(F)F)cc1)c1nc2cc(F)cnc2[nH]1. The molecule has 9 heteroatoms. The van der Waals surface area contributed by atoms with E-state index in [4.69, 9.17) is 4.74 Å². The molecule has 0 amide bonds. The summed E-state index contributed by atoms with van der Waals surface area (Å²) in [5.41, 5.74) is 1.28. The van der Waals surface area contributed by atoms with Crippen molar-refractivity contribution in [3.63, 3.8) is 0 Å². The first-order valence-corrected chi connectivity index (χ1v) is 7.34. The van der Waals surface area contributed by atoms with E-state index < -0.39 is 18.3 Å². The lowest BCUT2D eigenvalue weighted by molar-refractivity contribution is -0.274. The molecule has 0 aliphatic rings. The zero-order valence-corrected chi connectivity index (χ0v) is 13.0. The minimum Gasteiger partial charge on any atom is -0.406 e. The van der Waals surface area contributed by atoms with Crippen LogP contribution < -0.4 is 4.74 Å². The summed E-state index contributed by atoms with van der Waals surface area (Å²) >= 11 is 0. The molecule has 0 saturated heterocycles. The van der Waals surface area contributed by atoms with Gasteiger partial charge in [0.05, 0.1) is 6.20 Å². The van der Waals surface area contributed by atoms with Crippen LogP contribution in [0.2, 0.25) is 0 Å². The van der Waals surface area contributed by atoms with Gasteiger partial charge in [0.15, 0.2) is 5.65 Å². The second kappa shape index (κ2) is 6.67. The maximum Gasteiger partial charge on any atom is 0.573 e. The fourth-order valence-electron chi connectivity index (χ4n) is 2.36. The molecule has 0 spiro atoms. The molecule has 1 atom stereocenters. The van der Waals surface area contributed by atoms with E-state index in [1.54, 1.807) is 6.92 Å². The van der Waals surface area contributed by atoms with Gasteiger partial charge in [-0.1, -0.05) is 12.1 Å². The monoisotopic (exact) mass is 355 g/mol. The second-order valence-electron chi connectivity index (χ2n) is 5.10. The lowest BCUT2D eigenvalue weighted by Crippen LogP contribution is -2.17. The average molecular weight is 355 g/mol. The topological polar surface area (TPSA) is 60.0 Å². The Morgan fingerprint density at radius 2 is 1.92 bits per heavy atom. The van der Waals surface area contributed by atoms with Crippen LogP contribution in [0.25, 0.3) is 11.2 Å². The molecule has 3 aromatic rings. The number of ether oxygens (including phenoxy) is 2. The standard InChI is InChI=1S/C16H13F4N3O2/c1-2-24-13(9-3-5-11(6-4-9)25-16(18,19)20)15-22-12-7-10(17)8-21-14(12)23-15/h3-8,13H,2H2,1H3,(H,21,22,23). The lowest BCUT2D eigenvalue weighted by Gasteiger charge is -2.16. The van der Waals surface area contributed by atoms with Gasteiger partial charge >= 0.3 is 6.36 Å². The van der Waals surface area contributed by atoms with E-state index in [9.17, 15) is 17.6 Å². The summed E-state index contributed by atoms with van der Waals surface area (Å²) < 4.78 is 59.4. The maximum absolute atomic E-state index is 13.2. The number of imidazole rings is 1. The van der Waals surface area contributed by atoms with Crippen LogP contribution in [0.4, 0.5) is 17.6 Å². The lowest BCUT2D eigenvalue weighted by atomic mass is 10.1. The van der Waals surface area contributed by atoms with E-state index in [1.807, 2.05) is 0 Å². The van der Waals surface area contributed by atoms with E-state index in [1.165, 1.54) is 30.3 Å². The minimum absolute atomic E-state index is 0.330. The van der Waals surface area contributed by atoms with Crippen molar-refractivity contribution >= 4 is 11.2 Å². The Hall–Kier alpha value is -2.68. The first kappa shape index (κ1) is 17.2. The average Bonchev–Trinajstić information content (AvgIpc) is 2.94. The summed E-state index contributed by atoms with van der Waals surface area (Å²) in [6.07, 6.45) is -4.36. The number of rotatable bonds is 5. The van der Waals surface area contributed by atoms with Crippen molar-refractivity contribution in [3.8, 4) is 5.75 Å². The molecule has 0 fully saturated rings. The third kappa shape index (κ3) is 4.05. The molecule has 2 heterocycles. The van der Waals surface area contributed by atoms with E-state index in [0.29, 0.717) is 29.2 Å². The van der Waals surface area contributed by atoms with Crippen molar-refractivity contribution in [3.05, 3.63) is 53.7 Å². The molecule has 1 unspecified atom stereocenters. The first-order chi connectivity index (χ1) is 11.9. The molecule has 5 nitrogen and oxygen atoms in total. The van der Waals surface area contributed by atoms with E-state index in [0.717, 1.165) is 6.20 Å². The van der Waals surface area contributed by atoms with Crippen molar-refractivity contribution in [2.24, 2.45) is 0 Å². The predicted octanol–water partition coefficient (Wildman–Crippen LogP) is 4.12. The Kier molecular flexibility index (Phi) is 4.58. The highest BCUT2D eigenvalue weighted by atomic mass is 19.4. The minimum atomic E-state index is -4.75. The van der Waals surface area contributed by atoms with Crippen LogP contribution in [0, 0.1) is 5.82 Å². The number of nitrogens with zero attached hydrogens (tertiary/aromatic N) is 2.